The van der Waals surface area contributed by atoms with Crippen molar-refractivity contribution < 1.29 is 0 Å². The van der Waals surface area contributed by atoms with Gasteiger partial charge in [0.25, 0.3) is 0 Å². The molecule has 1 aliphatic carbocycles. The average Bonchev–Trinajstić information content (AvgIpc) is 3.34. The van der Waals surface area contributed by atoms with Crippen molar-refractivity contribution >= 4 is 11.8 Å². The molecule has 0 spiro atoms. The van der Waals surface area contributed by atoms with Gasteiger partial charge in [0.1, 0.15) is 0 Å². The average molecular weight is 297 g/mol. The molecule has 0 bridgehead atoms. The topological polar surface area (TPSA) is 12.0 Å². The van der Waals surface area contributed by atoms with E-state index in [0.717, 1.165) is 18.4 Å². The van der Waals surface area contributed by atoms with E-state index in [2.05, 4.69) is 73.1 Å². The van der Waals surface area contributed by atoms with E-state index in [4.69, 9.17) is 0 Å². The van der Waals surface area contributed by atoms with Crippen LogP contribution in [-0.4, -0.2) is 12.8 Å². The van der Waals surface area contributed by atoms with Gasteiger partial charge in [0.2, 0.25) is 0 Å². The molecule has 0 saturated heterocycles. The van der Waals surface area contributed by atoms with Gasteiger partial charge in [-0.2, -0.15) is 0 Å². The van der Waals surface area contributed by atoms with E-state index in [0.29, 0.717) is 6.04 Å². The molecule has 0 amide bonds. The van der Waals surface area contributed by atoms with Crippen molar-refractivity contribution in [2.75, 3.05) is 12.8 Å². The smallest absolute Gasteiger partial charge is 0.0354 e. The van der Waals surface area contributed by atoms with E-state index in [1.165, 1.54) is 22.4 Å². The van der Waals surface area contributed by atoms with Gasteiger partial charge in [-0.15, -0.1) is 11.8 Å². The summed E-state index contributed by atoms with van der Waals surface area (Å²) < 4.78 is 0. The van der Waals surface area contributed by atoms with Crippen LogP contribution in [0.3, 0.4) is 0 Å². The predicted octanol–water partition coefficient (Wildman–Crippen LogP) is 4.86. The molecule has 0 aliphatic heterocycles. The lowest BCUT2D eigenvalue weighted by Gasteiger charge is -2.19. The fourth-order valence-electron chi connectivity index (χ4n) is 3.21. The fraction of sp³-hybridized carbons (Fsp3) is 0.368. The van der Waals surface area contributed by atoms with Crippen molar-refractivity contribution in [3.05, 3.63) is 65.7 Å². The van der Waals surface area contributed by atoms with E-state index in [-0.39, 0.29) is 0 Å². The van der Waals surface area contributed by atoms with Crippen molar-refractivity contribution in [1.29, 1.82) is 0 Å². The highest BCUT2D eigenvalue weighted by atomic mass is 32.2. The quantitative estimate of drug-likeness (QED) is 0.764. The molecule has 1 fully saturated rings. The van der Waals surface area contributed by atoms with Crippen LogP contribution in [0, 0.1) is 5.92 Å². The number of benzene rings is 2. The summed E-state index contributed by atoms with van der Waals surface area (Å²) in [7, 11) is 0. The lowest BCUT2D eigenvalue weighted by Crippen LogP contribution is -2.23. The number of thioether (sulfide) groups is 1. The highest BCUT2D eigenvalue weighted by Crippen LogP contribution is 2.54. The van der Waals surface area contributed by atoms with Crippen LogP contribution in [0.5, 0.6) is 0 Å². The first-order valence-corrected chi connectivity index (χ1v) is 8.98. The molecule has 110 valence electrons. The summed E-state index contributed by atoms with van der Waals surface area (Å²) >= 11 is 1.80. The van der Waals surface area contributed by atoms with E-state index >= 15 is 0 Å². The van der Waals surface area contributed by atoms with Gasteiger partial charge in [0.05, 0.1) is 0 Å². The Morgan fingerprint density at radius 1 is 1.10 bits per heavy atom. The van der Waals surface area contributed by atoms with Gasteiger partial charge in [-0.25, -0.2) is 0 Å². The number of hydrogen-bond donors (Lipinski definition) is 1. The zero-order chi connectivity index (χ0) is 14.7. The summed E-state index contributed by atoms with van der Waals surface area (Å²) in [6, 6.07) is 20.5. The molecule has 1 aliphatic rings. The van der Waals surface area contributed by atoms with E-state index in [1.807, 2.05) is 0 Å². The summed E-state index contributed by atoms with van der Waals surface area (Å²) in [4.78, 5) is 1.34. The van der Waals surface area contributed by atoms with Crippen molar-refractivity contribution in [2.24, 2.45) is 5.92 Å². The van der Waals surface area contributed by atoms with Crippen molar-refractivity contribution in [2.45, 2.75) is 30.2 Å². The molecular formula is C19H23NS. The minimum absolute atomic E-state index is 0.483. The van der Waals surface area contributed by atoms with Crippen LogP contribution >= 0.6 is 11.8 Å². The van der Waals surface area contributed by atoms with Gasteiger partial charge in [0, 0.05) is 10.9 Å². The molecule has 2 aromatic rings. The highest BCUT2D eigenvalue weighted by Gasteiger charge is 2.43. The Morgan fingerprint density at radius 3 is 2.43 bits per heavy atom. The second-order valence-electron chi connectivity index (χ2n) is 5.73. The zero-order valence-corrected chi connectivity index (χ0v) is 13.6. The summed E-state index contributed by atoms with van der Waals surface area (Å²) in [5.74, 6) is 1.45. The molecule has 3 rings (SSSR count). The van der Waals surface area contributed by atoms with Crippen LogP contribution in [0.2, 0.25) is 0 Å². The first-order valence-electron chi connectivity index (χ1n) is 7.75. The molecule has 21 heavy (non-hydrogen) atoms. The lowest BCUT2D eigenvalue weighted by atomic mass is 9.98. The first-order chi connectivity index (χ1) is 10.3. The fourth-order valence-corrected chi connectivity index (χ4v) is 3.62. The van der Waals surface area contributed by atoms with Crippen molar-refractivity contribution in [3.63, 3.8) is 0 Å². The molecule has 0 heterocycles. The first kappa shape index (κ1) is 14.7. The van der Waals surface area contributed by atoms with Crippen LogP contribution in [0.4, 0.5) is 0 Å². The second kappa shape index (κ2) is 6.67. The molecule has 2 heteroatoms. The number of hydrogen-bond acceptors (Lipinski definition) is 2. The normalized spacial score (nSPS) is 22.0. The summed E-state index contributed by atoms with van der Waals surface area (Å²) in [5.41, 5.74) is 2.92. The summed E-state index contributed by atoms with van der Waals surface area (Å²) in [6.07, 6.45) is 3.43. The lowest BCUT2D eigenvalue weighted by molar-refractivity contribution is 0.487. The van der Waals surface area contributed by atoms with Crippen LogP contribution in [0.25, 0.3) is 0 Å². The molecule has 0 aromatic heterocycles. The Kier molecular flexibility index (Phi) is 4.67. The molecule has 3 unspecified atom stereocenters. The molecule has 1 saturated carbocycles. The van der Waals surface area contributed by atoms with Gasteiger partial charge in [-0.05, 0) is 54.3 Å². The van der Waals surface area contributed by atoms with Crippen LogP contribution in [-0.2, 0) is 0 Å². The molecule has 2 aromatic carbocycles. The predicted molar refractivity (Wildman–Crippen MR) is 91.9 cm³/mol. The minimum atomic E-state index is 0.483. The van der Waals surface area contributed by atoms with E-state index in [1.54, 1.807) is 11.8 Å². The van der Waals surface area contributed by atoms with Gasteiger partial charge >= 0.3 is 0 Å². The monoisotopic (exact) mass is 297 g/mol. The third-order valence-electron chi connectivity index (χ3n) is 4.39. The molecule has 0 radical (unpaired) electrons. The zero-order valence-electron chi connectivity index (χ0n) is 12.8. The van der Waals surface area contributed by atoms with Crippen molar-refractivity contribution in [3.8, 4) is 0 Å². The largest absolute Gasteiger partial charge is 0.310 e. The summed E-state index contributed by atoms with van der Waals surface area (Å²) in [6.45, 7) is 3.22. The van der Waals surface area contributed by atoms with Gasteiger partial charge in [-0.3, -0.25) is 0 Å². The third-order valence-corrected chi connectivity index (χ3v) is 5.14. The van der Waals surface area contributed by atoms with Crippen molar-refractivity contribution in [1.82, 2.24) is 5.32 Å². The minimum Gasteiger partial charge on any atom is -0.310 e. The van der Waals surface area contributed by atoms with E-state index < -0.39 is 0 Å². The molecule has 1 N–H and O–H groups in total. The summed E-state index contributed by atoms with van der Waals surface area (Å²) in [5, 5.41) is 3.69. The Bertz CT molecular complexity index is 564. The highest BCUT2D eigenvalue weighted by molar-refractivity contribution is 7.98. The third kappa shape index (κ3) is 3.33. The molecule has 1 nitrogen and oxygen atoms in total. The number of rotatable bonds is 6. The van der Waals surface area contributed by atoms with Gasteiger partial charge < -0.3 is 5.32 Å². The Labute approximate surface area is 132 Å². The maximum Gasteiger partial charge on any atom is 0.0354 e. The number of nitrogens with one attached hydrogen (secondary N) is 1. The van der Waals surface area contributed by atoms with Gasteiger partial charge in [-0.1, -0.05) is 49.4 Å². The van der Waals surface area contributed by atoms with Crippen LogP contribution in [0.1, 0.15) is 36.4 Å². The molecule has 3 atom stereocenters. The second-order valence-corrected chi connectivity index (χ2v) is 6.60. The van der Waals surface area contributed by atoms with Crippen LogP contribution in [0.15, 0.2) is 59.5 Å². The standard InChI is InChI=1S/C19H23NS/c1-3-20-19(15-9-11-16(21-2)12-10-15)18-13-17(18)14-7-5-4-6-8-14/h4-12,17-20H,3,13H2,1-2H3. The Balaban J connectivity index is 1.76. The van der Waals surface area contributed by atoms with Gasteiger partial charge in [0.15, 0.2) is 0 Å². The van der Waals surface area contributed by atoms with E-state index in [9.17, 15) is 0 Å². The SMILES string of the molecule is CCNC(c1ccc(SC)cc1)C1CC1c1ccccc1. The Hall–Kier alpha value is -1.25. The molecular weight excluding hydrogens is 274 g/mol. The van der Waals surface area contributed by atoms with Crippen LogP contribution < -0.4 is 5.32 Å². The maximum atomic E-state index is 3.69. The Morgan fingerprint density at radius 2 is 1.81 bits per heavy atom. The maximum absolute atomic E-state index is 3.69.